The molecule has 5 heteroatoms. The number of rotatable bonds is 14. The quantitative estimate of drug-likeness (QED) is 0.0811. The Morgan fingerprint density at radius 3 is 2.52 bits per heavy atom. The van der Waals surface area contributed by atoms with Crippen LogP contribution in [0.2, 0.25) is 0 Å². The van der Waals surface area contributed by atoms with Crippen LogP contribution in [0.1, 0.15) is 92.1 Å². The first-order valence-corrected chi connectivity index (χ1v) is 22.9. The van der Waals surface area contributed by atoms with E-state index in [4.69, 9.17) is 15.0 Å². The first-order valence-electron chi connectivity index (χ1n) is 21.3. The fraction of sp³-hybridized carbons (Fsp3) is 0.196. The van der Waals surface area contributed by atoms with Crippen molar-refractivity contribution in [3.8, 4) is 0 Å². The molecular weight excluding hydrogens is 779 g/mol. The normalized spacial score (nSPS) is 17.0. The Morgan fingerprint density at radius 2 is 1.69 bits per heavy atom. The smallest absolute Gasteiger partial charge is 0.132 e. The van der Waals surface area contributed by atoms with Gasteiger partial charge in [-0.05, 0) is 85.4 Å². The number of fused-ring (bicyclic) bond motifs is 7. The number of hydrogen-bond acceptors (Lipinski definition) is 5. The van der Waals surface area contributed by atoms with Crippen molar-refractivity contribution in [3.05, 3.63) is 202 Å². The van der Waals surface area contributed by atoms with Crippen molar-refractivity contribution >= 4 is 82.8 Å². The molecule has 0 amide bonds. The van der Waals surface area contributed by atoms with Gasteiger partial charge in [0.05, 0.1) is 17.1 Å². The molecule has 0 radical (unpaired) electrons. The molecule has 0 saturated heterocycles. The van der Waals surface area contributed by atoms with E-state index < -0.39 is 0 Å². The Kier molecular flexibility index (Phi) is 12.8. The summed E-state index contributed by atoms with van der Waals surface area (Å²) in [4.78, 5) is 15.8. The lowest BCUT2D eigenvalue weighted by atomic mass is 9.83. The van der Waals surface area contributed by atoms with Crippen molar-refractivity contribution in [3.63, 3.8) is 0 Å². The minimum Gasteiger partial charge on any atom is -0.252 e. The van der Waals surface area contributed by atoms with E-state index >= 15 is 0 Å². The molecule has 304 valence electrons. The van der Waals surface area contributed by atoms with Crippen LogP contribution < -0.4 is 9.75 Å². The zero-order valence-electron chi connectivity index (χ0n) is 35.7. The number of pyridine rings is 1. The molecule has 0 saturated carbocycles. The standard InChI is InChI=1S/C56H53N3S2/c1-8-11-13-14-15-28-52-57-47(35-48(58-52)40(10-3)32-31-36(4)43-24-20-25-45-44-23-18-19-27-51(44)61-55(43)45)37(5)29-30-38(6)54-53-39(7)50(26-12-9-2)60-56(53)46-33-41-21-16-17-22-42(41)34-49(46)59-54/h8-27,30-31,33,35,37,40,42H,1,3,7,28-29,32,34H2,2,4-6H3/b12-9-,13-11-,15-14-,36-31+,38-30+,50-26+. The largest absolute Gasteiger partial charge is 0.252 e. The minimum atomic E-state index is 0.0332. The number of thiophene rings is 2. The van der Waals surface area contributed by atoms with Gasteiger partial charge in [0.25, 0.3) is 0 Å². The summed E-state index contributed by atoms with van der Waals surface area (Å²) >= 11 is 3.70. The van der Waals surface area contributed by atoms with E-state index in [-0.39, 0.29) is 11.8 Å². The van der Waals surface area contributed by atoms with Gasteiger partial charge in [0.1, 0.15) is 5.82 Å². The number of benzene rings is 2. The van der Waals surface area contributed by atoms with Crippen molar-refractivity contribution in [2.24, 2.45) is 5.92 Å². The van der Waals surface area contributed by atoms with E-state index in [2.05, 4.69) is 163 Å². The third kappa shape index (κ3) is 8.77. The summed E-state index contributed by atoms with van der Waals surface area (Å²) in [7, 11) is 0. The van der Waals surface area contributed by atoms with Crippen LogP contribution >= 0.6 is 22.7 Å². The molecule has 0 N–H and O–H groups in total. The van der Waals surface area contributed by atoms with E-state index in [1.807, 2.05) is 47.0 Å². The van der Waals surface area contributed by atoms with Crippen LogP contribution in [0.15, 0.2) is 152 Å². The third-order valence-corrected chi connectivity index (χ3v) is 14.3. The van der Waals surface area contributed by atoms with Crippen LogP contribution in [-0.2, 0) is 12.8 Å². The third-order valence-electron chi connectivity index (χ3n) is 11.8. The van der Waals surface area contributed by atoms with Gasteiger partial charge in [-0.2, -0.15) is 0 Å². The summed E-state index contributed by atoms with van der Waals surface area (Å²) in [5.41, 5.74) is 10.6. The highest BCUT2D eigenvalue weighted by molar-refractivity contribution is 7.26. The van der Waals surface area contributed by atoms with Gasteiger partial charge in [-0.3, -0.25) is 4.98 Å². The number of allylic oxidation sites excluding steroid dienone is 17. The summed E-state index contributed by atoms with van der Waals surface area (Å²) in [5, 5.41) is 4.85. The highest BCUT2D eigenvalue weighted by atomic mass is 32.1. The van der Waals surface area contributed by atoms with E-state index in [9.17, 15) is 0 Å². The van der Waals surface area contributed by atoms with Gasteiger partial charge < -0.3 is 0 Å². The average Bonchev–Trinajstić information content (AvgIpc) is 3.83. The highest BCUT2D eigenvalue weighted by Crippen LogP contribution is 2.40. The lowest BCUT2D eigenvalue weighted by molar-refractivity contribution is 0.712. The molecule has 3 unspecified atom stereocenters. The molecule has 61 heavy (non-hydrogen) atoms. The fourth-order valence-corrected chi connectivity index (χ4v) is 10.9. The summed E-state index contributed by atoms with van der Waals surface area (Å²) in [6.07, 6.45) is 37.3. The second kappa shape index (κ2) is 18.7. The zero-order valence-corrected chi connectivity index (χ0v) is 37.3. The second-order valence-electron chi connectivity index (χ2n) is 16.0. The van der Waals surface area contributed by atoms with Crippen LogP contribution in [0.5, 0.6) is 0 Å². The average molecular weight is 832 g/mol. The zero-order chi connectivity index (χ0) is 42.5. The van der Waals surface area contributed by atoms with Gasteiger partial charge >= 0.3 is 0 Å². The van der Waals surface area contributed by atoms with E-state index in [0.29, 0.717) is 12.3 Å². The molecule has 2 aliphatic rings. The molecule has 2 aliphatic carbocycles. The Balaban J connectivity index is 1.11. The molecule has 0 spiro atoms. The topological polar surface area (TPSA) is 38.7 Å². The molecule has 6 aromatic rings. The molecule has 3 atom stereocenters. The fourth-order valence-electron chi connectivity index (χ4n) is 8.38. The van der Waals surface area contributed by atoms with E-state index in [1.165, 1.54) is 57.3 Å². The van der Waals surface area contributed by atoms with Crippen molar-refractivity contribution < 1.29 is 0 Å². The van der Waals surface area contributed by atoms with Gasteiger partial charge in [0, 0.05) is 76.6 Å². The maximum atomic E-state index is 5.44. The Bertz CT molecular complexity index is 3040. The Morgan fingerprint density at radius 1 is 0.869 bits per heavy atom. The van der Waals surface area contributed by atoms with Crippen LogP contribution in [0.3, 0.4) is 0 Å². The molecule has 0 aliphatic heterocycles. The summed E-state index contributed by atoms with van der Waals surface area (Å²) in [6.45, 7) is 21.5. The van der Waals surface area contributed by atoms with E-state index in [1.54, 1.807) is 6.08 Å². The maximum absolute atomic E-state index is 5.44. The van der Waals surface area contributed by atoms with Crippen molar-refractivity contribution in [2.45, 2.75) is 65.2 Å². The summed E-state index contributed by atoms with van der Waals surface area (Å²) in [5.74, 6) is 1.35. The monoisotopic (exact) mass is 831 g/mol. The highest BCUT2D eigenvalue weighted by Gasteiger charge is 2.25. The predicted molar refractivity (Wildman–Crippen MR) is 269 cm³/mol. The van der Waals surface area contributed by atoms with Crippen LogP contribution in [0.25, 0.3) is 60.1 Å². The molecule has 0 fully saturated rings. The van der Waals surface area contributed by atoms with Gasteiger partial charge in [0.2, 0.25) is 0 Å². The maximum Gasteiger partial charge on any atom is 0.132 e. The van der Waals surface area contributed by atoms with Gasteiger partial charge in [-0.25, -0.2) is 9.97 Å². The lowest BCUT2D eigenvalue weighted by Crippen LogP contribution is -2.18. The van der Waals surface area contributed by atoms with Crippen LogP contribution in [-0.4, -0.2) is 15.0 Å². The first kappa shape index (κ1) is 41.7. The van der Waals surface area contributed by atoms with Gasteiger partial charge in [0.15, 0.2) is 0 Å². The molecule has 4 aromatic heterocycles. The molecular formula is C56H53N3S2. The number of hydrogen-bond donors (Lipinski definition) is 0. The Labute approximate surface area is 368 Å². The van der Waals surface area contributed by atoms with E-state index in [0.717, 1.165) is 58.5 Å². The van der Waals surface area contributed by atoms with Crippen molar-refractivity contribution in [1.82, 2.24) is 15.0 Å². The predicted octanol–water partition coefficient (Wildman–Crippen LogP) is 14.1. The SMILES string of the molecule is C=C/C=C\C=C/Cc1nc(C(C)C/C=C(\C)c2nc3c(c4s/c(=C/C=C\C)c(=C)c24)C=C2C=CC=CC2C3)cc(C(C=C)C/C=C(\C)c2cccc3c2sc2ccccc23)n1. The Hall–Kier alpha value is -6.01. The van der Waals surface area contributed by atoms with Crippen LogP contribution in [0, 0.1) is 5.92 Å². The molecule has 8 rings (SSSR count). The minimum absolute atomic E-state index is 0.0332. The van der Waals surface area contributed by atoms with Gasteiger partial charge in [-0.15, -0.1) is 29.3 Å². The summed E-state index contributed by atoms with van der Waals surface area (Å²) < 4.78 is 5.11. The molecule has 0 bridgehead atoms. The second-order valence-corrected chi connectivity index (χ2v) is 18.1. The first-order chi connectivity index (χ1) is 29.8. The van der Waals surface area contributed by atoms with Gasteiger partial charge in [-0.1, -0.05) is 142 Å². The number of aromatic nitrogens is 3. The molecule has 2 aromatic carbocycles. The summed E-state index contributed by atoms with van der Waals surface area (Å²) in [6, 6.07) is 17.6. The van der Waals surface area contributed by atoms with Crippen molar-refractivity contribution in [1.29, 1.82) is 0 Å². The number of nitrogens with zero attached hydrogens (tertiary/aromatic N) is 3. The molecule has 3 nitrogen and oxygen atoms in total. The van der Waals surface area contributed by atoms with Crippen molar-refractivity contribution in [2.75, 3.05) is 0 Å². The lowest BCUT2D eigenvalue weighted by Gasteiger charge is -2.24. The molecule has 4 heterocycles. The van der Waals surface area contributed by atoms with Crippen LogP contribution in [0.4, 0.5) is 0 Å².